The van der Waals surface area contributed by atoms with Crippen LogP contribution in [0.2, 0.25) is 0 Å². The molecule has 13 heavy (non-hydrogen) atoms. The Morgan fingerprint density at radius 1 is 1.38 bits per heavy atom. The third-order valence-electron chi connectivity index (χ3n) is 1.65. The van der Waals surface area contributed by atoms with Crippen LogP contribution >= 0.6 is 0 Å². The van der Waals surface area contributed by atoms with Crippen LogP contribution in [0.5, 0.6) is 0 Å². The molecule has 1 atom stereocenters. The number of hydrogen-bond acceptors (Lipinski definition) is 3. The normalized spacial score (nSPS) is 13.5. The third kappa shape index (κ3) is 4.47. The summed E-state index contributed by atoms with van der Waals surface area (Å²) in [5.41, 5.74) is 10.2. The molecule has 0 spiro atoms. The summed E-state index contributed by atoms with van der Waals surface area (Å²) in [7, 11) is 0. The van der Waals surface area contributed by atoms with E-state index in [4.69, 9.17) is 11.5 Å². The minimum absolute atomic E-state index is 0.164. The van der Waals surface area contributed by atoms with Crippen LogP contribution in [-0.2, 0) is 9.59 Å². The highest BCUT2D eigenvalue weighted by atomic mass is 16.2. The second kappa shape index (κ2) is 4.23. The Morgan fingerprint density at radius 2 is 1.85 bits per heavy atom. The van der Waals surface area contributed by atoms with Crippen molar-refractivity contribution in [3.8, 4) is 0 Å². The maximum absolute atomic E-state index is 11.3. The third-order valence-corrected chi connectivity index (χ3v) is 1.65. The fraction of sp³-hybridized carbons (Fsp3) is 0.750. The summed E-state index contributed by atoms with van der Waals surface area (Å²) < 4.78 is 0. The minimum atomic E-state index is -0.633. The Morgan fingerprint density at radius 3 is 2.15 bits per heavy atom. The molecule has 0 aliphatic heterocycles. The van der Waals surface area contributed by atoms with E-state index in [9.17, 15) is 9.59 Å². The van der Waals surface area contributed by atoms with Crippen molar-refractivity contribution in [2.24, 2.45) is 16.9 Å². The Kier molecular flexibility index (Phi) is 3.87. The van der Waals surface area contributed by atoms with Crippen molar-refractivity contribution in [3.63, 3.8) is 0 Å². The van der Waals surface area contributed by atoms with Crippen LogP contribution in [0, 0.1) is 5.41 Å². The number of amides is 2. The first-order valence-electron chi connectivity index (χ1n) is 4.06. The highest BCUT2D eigenvalue weighted by Gasteiger charge is 2.27. The molecular formula is C8H17N3O2. The lowest BCUT2D eigenvalue weighted by Crippen LogP contribution is -2.50. The number of carbonyl (C=O) groups is 2. The number of hydrogen-bond donors (Lipinski definition) is 3. The number of rotatable bonds is 3. The fourth-order valence-electron chi connectivity index (χ4n) is 0.677. The summed E-state index contributed by atoms with van der Waals surface area (Å²) >= 11 is 0. The number of nitrogens with two attached hydrogens (primary N) is 2. The summed E-state index contributed by atoms with van der Waals surface area (Å²) in [6.07, 6.45) is 0. The summed E-state index contributed by atoms with van der Waals surface area (Å²) in [4.78, 5) is 21.6. The maximum Gasteiger partial charge on any atom is 0.237 e. The zero-order chi connectivity index (χ0) is 10.6. The molecular weight excluding hydrogens is 170 g/mol. The second-order valence-electron chi connectivity index (χ2n) is 4.03. The molecule has 2 amide bonds. The maximum atomic E-state index is 11.3. The van der Waals surface area contributed by atoms with Crippen LogP contribution in [-0.4, -0.2) is 24.4 Å². The molecule has 76 valence electrons. The molecule has 0 aliphatic carbocycles. The number of primary amides is 1. The summed E-state index contributed by atoms with van der Waals surface area (Å²) in [5, 5.41) is 2.35. The van der Waals surface area contributed by atoms with E-state index >= 15 is 0 Å². The fourth-order valence-corrected chi connectivity index (χ4v) is 0.677. The molecule has 5 heteroatoms. The molecule has 5 N–H and O–H groups in total. The van der Waals surface area contributed by atoms with Gasteiger partial charge in [-0.05, 0) is 5.41 Å². The van der Waals surface area contributed by atoms with Crippen molar-refractivity contribution in [1.82, 2.24) is 5.32 Å². The van der Waals surface area contributed by atoms with Gasteiger partial charge in [0.15, 0.2) is 0 Å². The Hall–Kier alpha value is -1.10. The lowest BCUT2D eigenvalue weighted by atomic mass is 9.87. The van der Waals surface area contributed by atoms with Crippen molar-refractivity contribution in [1.29, 1.82) is 0 Å². The largest absolute Gasteiger partial charge is 0.368 e. The Bertz CT molecular complexity index is 208. The van der Waals surface area contributed by atoms with Crippen molar-refractivity contribution in [2.75, 3.05) is 6.54 Å². The quantitative estimate of drug-likeness (QED) is 0.526. The first-order valence-corrected chi connectivity index (χ1v) is 4.06. The van der Waals surface area contributed by atoms with E-state index in [1.165, 1.54) is 0 Å². The molecule has 0 aromatic heterocycles. The summed E-state index contributed by atoms with van der Waals surface area (Å²) in [6.45, 7) is 5.38. The van der Waals surface area contributed by atoms with Crippen LogP contribution in [0.1, 0.15) is 20.8 Å². The van der Waals surface area contributed by atoms with Crippen LogP contribution in [0.3, 0.4) is 0 Å². The van der Waals surface area contributed by atoms with Gasteiger partial charge in [0.1, 0.15) is 0 Å². The average Bonchev–Trinajstić information content (AvgIpc) is 1.96. The molecule has 0 aromatic carbocycles. The molecule has 0 aliphatic rings. The summed E-state index contributed by atoms with van der Waals surface area (Å²) in [5.74, 6) is -0.930. The molecule has 0 rings (SSSR count). The van der Waals surface area contributed by atoms with Gasteiger partial charge >= 0.3 is 0 Å². The van der Waals surface area contributed by atoms with Gasteiger partial charge in [0.05, 0.1) is 12.6 Å². The van der Waals surface area contributed by atoms with Gasteiger partial charge < -0.3 is 16.8 Å². The zero-order valence-electron chi connectivity index (χ0n) is 8.26. The van der Waals surface area contributed by atoms with E-state index in [2.05, 4.69) is 5.32 Å². The smallest absolute Gasteiger partial charge is 0.237 e. The minimum Gasteiger partial charge on any atom is -0.368 e. The molecule has 0 saturated heterocycles. The number of carbonyl (C=O) groups excluding carboxylic acids is 2. The van der Waals surface area contributed by atoms with E-state index in [1.807, 2.05) is 20.8 Å². The monoisotopic (exact) mass is 187 g/mol. The zero-order valence-corrected chi connectivity index (χ0v) is 8.26. The van der Waals surface area contributed by atoms with Gasteiger partial charge in [-0.1, -0.05) is 20.8 Å². The lowest BCUT2D eigenvalue weighted by Gasteiger charge is -2.25. The standard InChI is InChI=1S/C8H17N3O2/c1-8(2,3)6(10)7(13)11-4-5(9)12/h6H,4,10H2,1-3H3,(H2,9,12)(H,11,13)/t6-/m1/s1. The second-order valence-corrected chi connectivity index (χ2v) is 4.03. The molecule has 0 saturated carbocycles. The van der Waals surface area contributed by atoms with E-state index in [-0.39, 0.29) is 17.9 Å². The molecule has 0 fully saturated rings. The predicted octanol–water partition coefficient (Wildman–Crippen LogP) is -1.04. The average molecular weight is 187 g/mol. The van der Waals surface area contributed by atoms with Crippen molar-refractivity contribution >= 4 is 11.8 Å². The van der Waals surface area contributed by atoms with Gasteiger partial charge in [-0.3, -0.25) is 9.59 Å². The Labute approximate surface area is 77.8 Å². The first-order chi connectivity index (χ1) is 5.75. The van der Waals surface area contributed by atoms with E-state index in [0.29, 0.717) is 0 Å². The molecule has 0 radical (unpaired) electrons. The van der Waals surface area contributed by atoms with Gasteiger partial charge in [-0.25, -0.2) is 0 Å². The first kappa shape index (κ1) is 11.9. The van der Waals surface area contributed by atoms with Gasteiger partial charge in [0.2, 0.25) is 11.8 Å². The van der Waals surface area contributed by atoms with Crippen molar-refractivity contribution in [3.05, 3.63) is 0 Å². The molecule has 0 unspecified atom stereocenters. The van der Waals surface area contributed by atoms with Crippen LogP contribution < -0.4 is 16.8 Å². The molecule has 0 bridgehead atoms. The highest BCUT2D eigenvalue weighted by Crippen LogP contribution is 2.16. The number of nitrogens with one attached hydrogen (secondary N) is 1. The van der Waals surface area contributed by atoms with Crippen LogP contribution in [0.4, 0.5) is 0 Å². The highest BCUT2D eigenvalue weighted by molar-refractivity contribution is 5.87. The SMILES string of the molecule is CC(C)(C)[C@H](N)C(=O)NCC(N)=O. The molecule has 5 nitrogen and oxygen atoms in total. The van der Waals surface area contributed by atoms with Crippen molar-refractivity contribution < 1.29 is 9.59 Å². The van der Waals surface area contributed by atoms with Crippen molar-refractivity contribution in [2.45, 2.75) is 26.8 Å². The van der Waals surface area contributed by atoms with Gasteiger partial charge in [0.25, 0.3) is 0 Å². The van der Waals surface area contributed by atoms with E-state index in [1.54, 1.807) is 0 Å². The predicted molar refractivity (Wildman–Crippen MR) is 49.6 cm³/mol. The van der Waals surface area contributed by atoms with Gasteiger partial charge in [-0.15, -0.1) is 0 Å². The van der Waals surface area contributed by atoms with Crippen LogP contribution in [0.25, 0.3) is 0 Å². The topological polar surface area (TPSA) is 98.2 Å². The van der Waals surface area contributed by atoms with Gasteiger partial charge in [-0.2, -0.15) is 0 Å². The van der Waals surface area contributed by atoms with E-state index < -0.39 is 11.9 Å². The lowest BCUT2D eigenvalue weighted by molar-refractivity contribution is -0.127. The molecule has 0 aromatic rings. The van der Waals surface area contributed by atoms with E-state index in [0.717, 1.165) is 0 Å². The van der Waals surface area contributed by atoms with Crippen LogP contribution in [0.15, 0.2) is 0 Å². The van der Waals surface area contributed by atoms with Gasteiger partial charge in [0, 0.05) is 0 Å². The molecule has 0 heterocycles. The summed E-state index contributed by atoms with van der Waals surface area (Å²) in [6, 6.07) is -0.633. The Balaban J connectivity index is 4.05.